The van der Waals surface area contributed by atoms with Gasteiger partial charge < -0.3 is 10.3 Å². The third-order valence-electron chi connectivity index (χ3n) is 5.19. The van der Waals surface area contributed by atoms with Gasteiger partial charge in [0.15, 0.2) is 5.82 Å². The highest BCUT2D eigenvalue weighted by molar-refractivity contribution is 4.97. The summed E-state index contributed by atoms with van der Waals surface area (Å²) in [7, 11) is 0. The molecule has 1 atom stereocenters. The Labute approximate surface area is 127 Å². The van der Waals surface area contributed by atoms with Crippen molar-refractivity contribution in [3.05, 3.63) is 11.7 Å². The van der Waals surface area contributed by atoms with Gasteiger partial charge in [-0.1, -0.05) is 38.3 Å². The van der Waals surface area contributed by atoms with Crippen LogP contribution in [0.1, 0.15) is 70.0 Å². The van der Waals surface area contributed by atoms with Crippen molar-refractivity contribution < 1.29 is 4.52 Å². The second-order valence-electron chi connectivity index (χ2n) is 7.48. The smallest absolute Gasteiger partial charge is 0.229 e. The van der Waals surface area contributed by atoms with E-state index in [-0.39, 0.29) is 11.5 Å². The first-order valence-electron chi connectivity index (χ1n) is 8.35. The number of rotatable bonds is 3. The Bertz CT molecular complexity index is 465. The molecule has 0 aromatic carbocycles. The molecular formula is C16H28N4O. The van der Waals surface area contributed by atoms with E-state index in [0.29, 0.717) is 5.92 Å². The molecule has 1 saturated carbocycles. The van der Waals surface area contributed by atoms with Crippen LogP contribution in [0.2, 0.25) is 0 Å². The van der Waals surface area contributed by atoms with Crippen LogP contribution in [0.5, 0.6) is 0 Å². The maximum absolute atomic E-state index is 6.19. The molecule has 1 aliphatic heterocycles. The Kier molecular flexibility index (Phi) is 4.31. The summed E-state index contributed by atoms with van der Waals surface area (Å²) in [5, 5.41) is 4.19. The molecule has 21 heavy (non-hydrogen) atoms. The van der Waals surface area contributed by atoms with Crippen LogP contribution in [0, 0.1) is 5.41 Å². The molecule has 0 spiro atoms. The van der Waals surface area contributed by atoms with Gasteiger partial charge in [-0.25, -0.2) is 0 Å². The van der Waals surface area contributed by atoms with Crippen molar-refractivity contribution >= 4 is 0 Å². The van der Waals surface area contributed by atoms with E-state index < -0.39 is 0 Å². The van der Waals surface area contributed by atoms with Crippen molar-refractivity contribution in [2.24, 2.45) is 11.1 Å². The van der Waals surface area contributed by atoms with E-state index in [2.05, 4.69) is 28.9 Å². The van der Waals surface area contributed by atoms with E-state index >= 15 is 0 Å². The number of piperidine rings is 1. The lowest BCUT2D eigenvalue weighted by Crippen LogP contribution is -2.52. The molecule has 1 unspecified atom stereocenters. The fraction of sp³-hybridized carbons (Fsp3) is 0.875. The highest BCUT2D eigenvalue weighted by atomic mass is 16.5. The molecule has 1 aromatic rings. The Hall–Kier alpha value is -0.940. The van der Waals surface area contributed by atoms with Crippen LogP contribution in [0.15, 0.2) is 4.52 Å². The maximum atomic E-state index is 6.19. The third kappa shape index (κ3) is 3.46. The number of likely N-dealkylation sites (tertiary alicyclic amines) is 1. The van der Waals surface area contributed by atoms with E-state index in [9.17, 15) is 0 Å². The van der Waals surface area contributed by atoms with E-state index in [1.807, 2.05) is 0 Å². The number of aromatic nitrogens is 2. The van der Waals surface area contributed by atoms with Crippen molar-refractivity contribution in [3.63, 3.8) is 0 Å². The zero-order valence-corrected chi connectivity index (χ0v) is 13.3. The lowest BCUT2D eigenvalue weighted by atomic mass is 9.80. The second kappa shape index (κ2) is 6.05. The van der Waals surface area contributed by atoms with E-state index in [0.717, 1.165) is 37.8 Å². The van der Waals surface area contributed by atoms with Crippen molar-refractivity contribution in [2.45, 2.75) is 70.9 Å². The van der Waals surface area contributed by atoms with Crippen LogP contribution >= 0.6 is 0 Å². The zero-order chi connectivity index (χ0) is 14.9. The van der Waals surface area contributed by atoms with Crippen LogP contribution < -0.4 is 5.73 Å². The van der Waals surface area contributed by atoms with Gasteiger partial charge in [0.1, 0.15) is 0 Å². The van der Waals surface area contributed by atoms with Gasteiger partial charge in [-0.2, -0.15) is 4.98 Å². The summed E-state index contributed by atoms with van der Waals surface area (Å²) < 4.78 is 5.51. The standard InChI is InChI=1S/C16H28N4O/c1-16(2)11-20(9-8-13(16)17)10-14-18-15(21-19-14)12-6-4-3-5-7-12/h12-13H,3-11,17H2,1-2H3. The van der Waals surface area contributed by atoms with Crippen molar-refractivity contribution in [2.75, 3.05) is 13.1 Å². The molecule has 3 rings (SSSR count). The fourth-order valence-corrected chi connectivity index (χ4v) is 3.67. The molecule has 1 aromatic heterocycles. The number of hydrogen-bond donors (Lipinski definition) is 1. The van der Waals surface area contributed by atoms with Gasteiger partial charge in [0.25, 0.3) is 0 Å². The van der Waals surface area contributed by atoms with E-state index in [4.69, 9.17) is 10.3 Å². The molecule has 2 fully saturated rings. The van der Waals surface area contributed by atoms with Gasteiger partial charge in [0.2, 0.25) is 5.89 Å². The molecular weight excluding hydrogens is 264 g/mol. The van der Waals surface area contributed by atoms with Crippen LogP contribution in [-0.2, 0) is 6.54 Å². The quantitative estimate of drug-likeness (QED) is 0.927. The Morgan fingerprint density at radius 1 is 1.24 bits per heavy atom. The molecule has 0 radical (unpaired) electrons. The lowest BCUT2D eigenvalue weighted by Gasteiger charge is -2.42. The minimum Gasteiger partial charge on any atom is -0.339 e. The molecule has 1 saturated heterocycles. The average Bonchev–Trinajstić information content (AvgIpc) is 2.92. The average molecular weight is 292 g/mol. The van der Waals surface area contributed by atoms with Gasteiger partial charge in [0, 0.05) is 25.0 Å². The monoisotopic (exact) mass is 292 g/mol. The Morgan fingerprint density at radius 2 is 2.00 bits per heavy atom. The van der Waals surface area contributed by atoms with Crippen LogP contribution in [0.25, 0.3) is 0 Å². The minimum absolute atomic E-state index is 0.161. The van der Waals surface area contributed by atoms with Crippen LogP contribution in [0.3, 0.4) is 0 Å². The molecule has 0 bridgehead atoms. The van der Waals surface area contributed by atoms with Crippen LogP contribution in [-0.4, -0.2) is 34.2 Å². The zero-order valence-electron chi connectivity index (χ0n) is 13.3. The molecule has 2 heterocycles. The lowest BCUT2D eigenvalue weighted by molar-refractivity contribution is 0.0872. The topological polar surface area (TPSA) is 68.2 Å². The van der Waals surface area contributed by atoms with Gasteiger partial charge in [0.05, 0.1) is 6.54 Å². The van der Waals surface area contributed by atoms with Gasteiger partial charge in [-0.3, -0.25) is 4.90 Å². The molecule has 1 aliphatic carbocycles. The second-order valence-corrected chi connectivity index (χ2v) is 7.48. The van der Waals surface area contributed by atoms with Gasteiger partial charge >= 0.3 is 0 Å². The summed E-state index contributed by atoms with van der Waals surface area (Å²) in [4.78, 5) is 7.05. The van der Waals surface area contributed by atoms with Crippen LogP contribution in [0.4, 0.5) is 0 Å². The molecule has 5 nitrogen and oxygen atoms in total. The normalized spacial score (nSPS) is 27.9. The Morgan fingerprint density at radius 3 is 2.71 bits per heavy atom. The molecule has 5 heteroatoms. The van der Waals surface area contributed by atoms with E-state index in [1.54, 1.807) is 0 Å². The minimum atomic E-state index is 0.161. The third-order valence-corrected chi connectivity index (χ3v) is 5.19. The van der Waals surface area contributed by atoms with Crippen molar-refractivity contribution in [1.29, 1.82) is 0 Å². The maximum Gasteiger partial charge on any atom is 0.229 e. The van der Waals surface area contributed by atoms with Gasteiger partial charge in [-0.15, -0.1) is 0 Å². The number of nitrogens with two attached hydrogens (primary N) is 1. The summed E-state index contributed by atoms with van der Waals surface area (Å²) in [6.07, 6.45) is 7.38. The van der Waals surface area contributed by atoms with Crippen molar-refractivity contribution in [3.8, 4) is 0 Å². The molecule has 2 aliphatic rings. The summed E-state index contributed by atoms with van der Waals surface area (Å²) in [5.74, 6) is 2.19. The summed E-state index contributed by atoms with van der Waals surface area (Å²) in [5.41, 5.74) is 6.35. The summed E-state index contributed by atoms with van der Waals surface area (Å²) in [6.45, 7) is 7.30. The predicted molar refractivity (Wildman–Crippen MR) is 81.8 cm³/mol. The summed E-state index contributed by atoms with van der Waals surface area (Å²) in [6, 6.07) is 0.289. The molecule has 2 N–H and O–H groups in total. The Balaban J connectivity index is 1.59. The van der Waals surface area contributed by atoms with E-state index in [1.165, 1.54) is 32.1 Å². The SMILES string of the molecule is CC1(C)CN(Cc2noc(C3CCCCC3)n2)CCC1N. The molecule has 0 amide bonds. The largest absolute Gasteiger partial charge is 0.339 e. The highest BCUT2D eigenvalue weighted by Crippen LogP contribution is 2.32. The number of hydrogen-bond acceptors (Lipinski definition) is 5. The first-order valence-corrected chi connectivity index (χ1v) is 8.35. The first kappa shape index (κ1) is 15.0. The summed E-state index contributed by atoms with van der Waals surface area (Å²) >= 11 is 0. The highest BCUT2D eigenvalue weighted by Gasteiger charge is 2.34. The fourth-order valence-electron chi connectivity index (χ4n) is 3.67. The van der Waals surface area contributed by atoms with Crippen molar-refractivity contribution in [1.82, 2.24) is 15.0 Å². The molecule has 118 valence electrons. The predicted octanol–water partition coefficient (Wildman–Crippen LogP) is 2.68. The van der Waals surface area contributed by atoms with Gasteiger partial charge in [-0.05, 0) is 24.7 Å². The first-order chi connectivity index (χ1) is 10.0. The number of nitrogens with zero attached hydrogens (tertiary/aromatic N) is 3.